The summed E-state index contributed by atoms with van der Waals surface area (Å²) < 4.78 is 26.0. The quantitative estimate of drug-likeness (QED) is 0.0721. The number of ether oxygens (including phenoxy) is 5. The number of nitrogens with zero attached hydrogens (tertiary/aromatic N) is 2. The van der Waals surface area contributed by atoms with E-state index in [1.165, 1.54) is 45.2 Å². The molecule has 1 amide bonds. The number of carbonyl (C=O) groups excluding carboxylic acids is 4. The lowest BCUT2D eigenvalue weighted by Gasteiger charge is -2.36. The van der Waals surface area contributed by atoms with Gasteiger partial charge in [0.15, 0.2) is 0 Å². The molecule has 0 radical (unpaired) electrons. The van der Waals surface area contributed by atoms with Crippen LogP contribution in [-0.2, 0) is 38.1 Å². The van der Waals surface area contributed by atoms with Gasteiger partial charge in [0.25, 0.3) is 5.69 Å². The number of benzene rings is 1. The number of nitro groups is 1. The summed E-state index contributed by atoms with van der Waals surface area (Å²) in [5.74, 6) is -3.80. The van der Waals surface area contributed by atoms with E-state index >= 15 is 0 Å². The highest BCUT2D eigenvalue weighted by Crippen LogP contribution is 2.44. The molecule has 1 aliphatic heterocycles. The molecule has 242 valence electrons. The van der Waals surface area contributed by atoms with Crippen molar-refractivity contribution in [2.75, 3.05) is 33.7 Å². The standard InChI is InChI=1S/C29H40N4O11/c1-17(2)44-28(36)24-19(4)32(29(37)43-16-42-26(34)22(31)11-6-7-12-30)18(3)23(27(35)41-14-13-40-5)25(24)20-9-8-10-21(15-20)33(38)39/h8-10,15,17,22,25H,6-7,11-14,16,30-31H2,1-5H3. The van der Waals surface area contributed by atoms with Gasteiger partial charge in [0, 0.05) is 30.6 Å². The molecule has 2 unspecified atom stereocenters. The minimum Gasteiger partial charge on any atom is -0.460 e. The lowest BCUT2D eigenvalue weighted by Crippen LogP contribution is -2.40. The van der Waals surface area contributed by atoms with Crippen LogP contribution < -0.4 is 11.5 Å². The van der Waals surface area contributed by atoms with E-state index in [-0.39, 0.29) is 47.0 Å². The Morgan fingerprint density at radius 3 is 2.25 bits per heavy atom. The zero-order chi connectivity index (χ0) is 33.0. The van der Waals surface area contributed by atoms with Gasteiger partial charge < -0.3 is 35.2 Å². The van der Waals surface area contributed by atoms with E-state index in [1.54, 1.807) is 13.8 Å². The maximum Gasteiger partial charge on any atom is 0.421 e. The number of nitrogens with two attached hydrogens (primary N) is 2. The van der Waals surface area contributed by atoms with Crippen molar-refractivity contribution >= 4 is 29.7 Å². The first-order valence-electron chi connectivity index (χ1n) is 14.0. The summed E-state index contributed by atoms with van der Waals surface area (Å²) in [5, 5.41) is 11.6. The van der Waals surface area contributed by atoms with E-state index < -0.39 is 53.8 Å². The Morgan fingerprint density at radius 1 is 1.00 bits per heavy atom. The van der Waals surface area contributed by atoms with Crippen LogP contribution in [0, 0.1) is 10.1 Å². The van der Waals surface area contributed by atoms with Crippen LogP contribution in [-0.4, -0.2) is 79.6 Å². The maximum atomic E-state index is 13.5. The van der Waals surface area contributed by atoms with E-state index in [0.717, 1.165) is 4.90 Å². The second kappa shape index (κ2) is 17.1. The number of hydrogen-bond acceptors (Lipinski definition) is 13. The molecular formula is C29H40N4O11. The van der Waals surface area contributed by atoms with E-state index in [2.05, 4.69) is 0 Å². The zero-order valence-corrected chi connectivity index (χ0v) is 25.5. The Kier molecular flexibility index (Phi) is 13.9. The normalized spacial score (nSPS) is 15.6. The molecular weight excluding hydrogens is 580 g/mol. The molecule has 2 rings (SSSR count). The molecule has 2 atom stereocenters. The molecule has 0 spiro atoms. The average Bonchev–Trinajstić information content (AvgIpc) is 2.96. The highest BCUT2D eigenvalue weighted by Gasteiger charge is 2.43. The average molecular weight is 621 g/mol. The van der Waals surface area contributed by atoms with E-state index in [4.69, 9.17) is 35.2 Å². The number of nitro benzene ring substituents is 1. The minimum atomic E-state index is -1.22. The lowest BCUT2D eigenvalue weighted by atomic mass is 9.79. The number of esters is 3. The Hall–Kier alpha value is -4.34. The number of unbranched alkanes of at least 4 members (excludes halogenated alkanes) is 1. The van der Waals surface area contributed by atoms with Gasteiger partial charge in [0.1, 0.15) is 12.6 Å². The van der Waals surface area contributed by atoms with Gasteiger partial charge in [-0.2, -0.15) is 0 Å². The number of hydrogen-bond donors (Lipinski definition) is 2. The van der Waals surface area contributed by atoms with Crippen LogP contribution in [0.2, 0.25) is 0 Å². The van der Waals surface area contributed by atoms with E-state index in [0.29, 0.717) is 25.8 Å². The molecule has 15 nitrogen and oxygen atoms in total. The Balaban J connectivity index is 2.56. The van der Waals surface area contributed by atoms with Crippen molar-refractivity contribution in [3.05, 3.63) is 62.5 Å². The number of non-ortho nitro benzene ring substituents is 1. The topological polar surface area (TPSA) is 213 Å². The van der Waals surface area contributed by atoms with Crippen LogP contribution in [0.4, 0.5) is 10.5 Å². The molecule has 0 saturated heterocycles. The predicted octanol–water partition coefficient (Wildman–Crippen LogP) is 2.78. The van der Waals surface area contributed by atoms with Gasteiger partial charge in [-0.05, 0) is 52.6 Å². The molecule has 4 N–H and O–H groups in total. The Morgan fingerprint density at radius 2 is 1.66 bits per heavy atom. The molecule has 0 bridgehead atoms. The molecule has 0 saturated carbocycles. The zero-order valence-electron chi connectivity index (χ0n) is 25.5. The molecule has 0 aromatic heterocycles. The van der Waals surface area contributed by atoms with Crippen LogP contribution in [0.3, 0.4) is 0 Å². The lowest BCUT2D eigenvalue weighted by molar-refractivity contribution is -0.384. The van der Waals surface area contributed by atoms with E-state index in [9.17, 15) is 29.3 Å². The highest BCUT2D eigenvalue weighted by atomic mass is 16.7. The van der Waals surface area contributed by atoms with Crippen LogP contribution in [0.5, 0.6) is 0 Å². The number of amides is 1. The van der Waals surface area contributed by atoms with Crippen molar-refractivity contribution in [1.29, 1.82) is 0 Å². The molecule has 44 heavy (non-hydrogen) atoms. The monoisotopic (exact) mass is 620 g/mol. The third-order valence-corrected chi connectivity index (χ3v) is 6.58. The van der Waals surface area contributed by atoms with Crippen LogP contribution in [0.15, 0.2) is 46.8 Å². The van der Waals surface area contributed by atoms with Gasteiger partial charge in [0.05, 0.1) is 34.7 Å². The van der Waals surface area contributed by atoms with Crippen molar-refractivity contribution < 1.29 is 47.8 Å². The van der Waals surface area contributed by atoms with E-state index in [1.807, 2.05) is 0 Å². The van der Waals surface area contributed by atoms with Crippen molar-refractivity contribution in [3.63, 3.8) is 0 Å². The predicted molar refractivity (Wildman–Crippen MR) is 155 cm³/mol. The fraction of sp³-hybridized carbons (Fsp3) is 0.517. The van der Waals surface area contributed by atoms with Crippen LogP contribution >= 0.6 is 0 Å². The van der Waals surface area contributed by atoms with Crippen molar-refractivity contribution in [3.8, 4) is 0 Å². The Labute approximate surface area is 255 Å². The molecule has 0 aliphatic carbocycles. The summed E-state index contributed by atoms with van der Waals surface area (Å²) in [6.07, 6.45) is -0.0598. The van der Waals surface area contributed by atoms with Crippen molar-refractivity contribution in [2.24, 2.45) is 11.5 Å². The summed E-state index contributed by atoms with van der Waals surface area (Å²) in [5.41, 5.74) is 10.9. The summed E-state index contributed by atoms with van der Waals surface area (Å²) in [4.78, 5) is 64.6. The van der Waals surface area contributed by atoms with Gasteiger partial charge in [-0.1, -0.05) is 18.6 Å². The maximum absolute atomic E-state index is 13.5. The number of methoxy groups -OCH3 is 1. The summed E-state index contributed by atoms with van der Waals surface area (Å²) in [6, 6.07) is 4.46. The largest absolute Gasteiger partial charge is 0.460 e. The first-order valence-corrected chi connectivity index (χ1v) is 14.0. The molecule has 1 aromatic carbocycles. The fourth-order valence-electron chi connectivity index (χ4n) is 4.52. The first-order chi connectivity index (χ1) is 20.8. The fourth-order valence-corrected chi connectivity index (χ4v) is 4.52. The van der Waals surface area contributed by atoms with Crippen LogP contribution in [0.25, 0.3) is 0 Å². The Bertz CT molecular complexity index is 1290. The minimum absolute atomic E-state index is 0.0114. The number of allylic oxidation sites excluding steroid dienone is 2. The molecule has 1 aliphatic rings. The third kappa shape index (κ3) is 9.33. The third-order valence-electron chi connectivity index (χ3n) is 6.58. The number of rotatable bonds is 15. The van der Waals surface area contributed by atoms with Gasteiger partial charge in [0.2, 0.25) is 6.79 Å². The molecule has 1 aromatic rings. The summed E-state index contributed by atoms with van der Waals surface area (Å²) in [6.45, 7) is 5.63. The molecule has 15 heteroatoms. The number of carbonyl (C=O) groups is 4. The van der Waals surface area contributed by atoms with Gasteiger partial charge in [-0.15, -0.1) is 0 Å². The van der Waals surface area contributed by atoms with Gasteiger partial charge in [-0.3, -0.25) is 19.8 Å². The molecule has 0 fully saturated rings. The SMILES string of the molecule is COCCOC(=O)C1=C(C)N(C(=O)OCOC(=O)C(N)CCCCN)C(C)=C(C(=O)OC(C)C)C1c1cccc([N+](=O)[O-])c1. The van der Waals surface area contributed by atoms with Gasteiger partial charge in [-0.25, -0.2) is 14.4 Å². The van der Waals surface area contributed by atoms with Crippen molar-refractivity contribution in [2.45, 2.75) is 65.0 Å². The first kappa shape index (κ1) is 35.9. The summed E-state index contributed by atoms with van der Waals surface area (Å²) >= 11 is 0. The second-order valence-corrected chi connectivity index (χ2v) is 10.1. The van der Waals surface area contributed by atoms with Gasteiger partial charge >= 0.3 is 24.0 Å². The smallest absolute Gasteiger partial charge is 0.421 e. The van der Waals surface area contributed by atoms with Crippen LogP contribution in [0.1, 0.15) is 58.4 Å². The second-order valence-electron chi connectivity index (χ2n) is 10.1. The molecule has 1 heterocycles. The van der Waals surface area contributed by atoms with Crippen molar-refractivity contribution in [1.82, 2.24) is 4.90 Å². The summed E-state index contributed by atoms with van der Waals surface area (Å²) in [7, 11) is 1.41. The highest BCUT2D eigenvalue weighted by molar-refractivity contribution is 6.01.